The Balaban J connectivity index is 1.67. The third-order valence-electron chi connectivity index (χ3n) is 6.61. The van der Waals surface area contributed by atoms with Crippen LogP contribution in [0.25, 0.3) is 0 Å². The molecule has 1 N–H and O–H groups in total. The first-order valence-electron chi connectivity index (χ1n) is 13.7. The second-order valence-corrected chi connectivity index (χ2v) is 10.9. The first-order valence-corrected chi connectivity index (χ1v) is 15.1. The predicted molar refractivity (Wildman–Crippen MR) is 159 cm³/mol. The molecule has 0 saturated carbocycles. The van der Waals surface area contributed by atoms with Crippen LogP contribution < -0.4 is 14.8 Å². The highest BCUT2D eigenvalue weighted by Gasteiger charge is 2.36. The summed E-state index contributed by atoms with van der Waals surface area (Å²) in [4.78, 5) is 18.1. The summed E-state index contributed by atoms with van der Waals surface area (Å²) in [5, 5.41) is 9.35. The molecule has 0 amide bonds. The number of ether oxygens (including phenoxy) is 3. The lowest BCUT2D eigenvalue weighted by atomic mass is 9.95. The predicted octanol–water partition coefficient (Wildman–Crippen LogP) is 7.43. The van der Waals surface area contributed by atoms with Crippen LogP contribution >= 0.6 is 23.4 Å². The molecule has 2 aromatic carbocycles. The van der Waals surface area contributed by atoms with Crippen molar-refractivity contribution in [1.29, 1.82) is 0 Å². The number of nitrogens with one attached hydrogen (secondary N) is 1. The molecule has 10 heteroatoms. The number of allylic oxidation sites excluding steroid dienone is 1. The summed E-state index contributed by atoms with van der Waals surface area (Å²) < 4.78 is 19.1. The number of carbonyl (C=O) groups excluding carboxylic acids is 1. The molecule has 4 rings (SSSR count). The van der Waals surface area contributed by atoms with Gasteiger partial charge < -0.3 is 19.5 Å². The SMILES string of the molecule is CCCCCOc1ccc(C2C(C(=O)OCCCC)=C(C)Nc3nc(SCc4ccccc4Cl)nn32)cc1OC. The molecule has 40 heavy (non-hydrogen) atoms. The second kappa shape index (κ2) is 14.5. The van der Waals surface area contributed by atoms with E-state index in [1.165, 1.54) is 11.8 Å². The molecule has 0 bridgehead atoms. The van der Waals surface area contributed by atoms with Gasteiger partial charge in [0.1, 0.15) is 6.04 Å². The number of carbonyl (C=O) groups is 1. The number of hydrogen-bond acceptors (Lipinski definition) is 8. The van der Waals surface area contributed by atoms with Gasteiger partial charge in [-0.15, -0.1) is 5.10 Å². The summed E-state index contributed by atoms with van der Waals surface area (Å²) >= 11 is 7.84. The van der Waals surface area contributed by atoms with E-state index < -0.39 is 6.04 Å². The molecule has 1 unspecified atom stereocenters. The summed E-state index contributed by atoms with van der Waals surface area (Å²) in [6.07, 6.45) is 4.93. The molecule has 1 aromatic heterocycles. The van der Waals surface area contributed by atoms with Crippen molar-refractivity contribution in [2.75, 3.05) is 25.6 Å². The van der Waals surface area contributed by atoms with Crippen LogP contribution in [0.3, 0.4) is 0 Å². The number of nitrogens with zero attached hydrogens (tertiary/aromatic N) is 3. The molecule has 3 aromatic rings. The fraction of sp³-hybridized carbons (Fsp3) is 0.433. The van der Waals surface area contributed by atoms with E-state index in [2.05, 4.69) is 19.2 Å². The number of aromatic nitrogens is 3. The Bertz CT molecular complexity index is 1340. The molecular weight excluding hydrogens is 548 g/mol. The number of thioether (sulfide) groups is 1. The lowest BCUT2D eigenvalue weighted by Gasteiger charge is -2.28. The summed E-state index contributed by atoms with van der Waals surface area (Å²) in [5.41, 5.74) is 2.97. The molecule has 0 saturated heterocycles. The molecule has 8 nitrogen and oxygen atoms in total. The van der Waals surface area contributed by atoms with Crippen LogP contribution in [0.2, 0.25) is 5.02 Å². The van der Waals surface area contributed by atoms with Crippen molar-refractivity contribution in [3.8, 4) is 11.5 Å². The molecule has 1 atom stereocenters. The van der Waals surface area contributed by atoms with Gasteiger partial charge in [0.15, 0.2) is 11.5 Å². The Morgan fingerprint density at radius 2 is 1.88 bits per heavy atom. The zero-order chi connectivity index (χ0) is 28.5. The van der Waals surface area contributed by atoms with E-state index in [1.807, 2.05) is 49.4 Å². The van der Waals surface area contributed by atoms with Crippen LogP contribution in [0.15, 0.2) is 58.9 Å². The van der Waals surface area contributed by atoms with Crippen molar-refractivity contribution < 1.29 is 19.0 Å². The summed E-state index contributed by atoms with van der Waals surface area (Å²) in [7, 11) is 1.62. The first kappa shape index (κ1) is 29.8. The average molecular weight is 585 g/mol. The molecule has 2 heterocycles. The van der Waals surface area contributed by atoms with E-state index in [9.17, 15) is 4.79 Å². The minimum atomic E-state index is -0.560. The monoisotopic (exact) mass is 584 g/mol. The van der Waals surface area contributed by atoms with E-state index >= 15 is 0 Å². The first-order chi connectivity index (χ1) is 19.5. The number of methoxy groups -OCH3 is 1. The normalized spacial score (nSPS) is 14.5. The van der Waals surface area contributed by atoms with Crippen LogP contribution in [0, 0.1) is 0 Å². The van der Waals surface area contributed by atoms with E-state index in [0.29, 0.717) is 57.9 Å². The molecule has 1 aliphatic rings. The largest absolute Gasteiger partial charge is 0.493 e. The highest BCUT2D eigenvalue weighted by molar-refractivity contribution is 7.98. The number of benzene rings is 2. The van der Waals surface area contributed by atoms with Crippen molar-refractivity contribution in [2.24, 2.45) is 0 Å². The van der Waals surface area contributed by atoms with Crippen LogP contribution in [-0.4, -0.2) is 41.1 Å². The van der Waals surface area contributed by atoms with Crippen LogP contribution in [0.4, 0.5) is 5.95 Å². The number of halogens is 1. The van der Waals surface area contributed by atoms with Gasteiger partial charge in [0.2, 0.25) is 11.1 Å². The lowest BCUT2D eigenvalue weighted by Crippen LogP contribution is -2.29. The van der Waals surface area contributed by atoms with Gasteiger partial charge in [-0.25, -0.2) is 9.48 Å². The summed E-state index contributed by atoms with van der Waals surface area (Å²) in [6.45, 7) is 7.06. The zero-order valence-corrected chi connectivity index (χ0v) is 25.1. The van der Waals surface area contributed by atoms with Gasteiger partial charge in [0, 0.05) is 16.5 Å². The molecule has 1 aliphatic heterocycles. The van der Waals surface area contributed by atoms with E-state index in [0.717, 1.165) is 43.2 Å². The molecule has 214 valence electrons. The van der Waals surface area contributed by atoms with Gasteiger partial charge in [-0.1, -0.05) is 80.7 Å². The van der Waals surface area contributed by atoms with E-state index in [-0.39, 0.29) is 5.97 Å². The standard InChI is InChI=1S/C30H37ClN4O4S/c1-5-7-11-17-38-24-15-14-21(18-25(24)37-4)27-26(28(36)39-16-8-6-2)20(3)32-29-33-30(34-35(27)29)40-19-22-12-9-10-13-23(22)31/h9-10,12-15,18,27H,5-8,11,16-17,19H2,1-4H3,(H,32,33,34). The Kier molecular flexibility index (Phi) is 10.8. The Labute approximate surface area is 245 Å². The van der Waals surface area contributed by atoms with Crippen molar-refractivity contribution in [3.05, 3.63) is 69.9 Å². The van der Waals surface area contributed by atoms with E-state index in [4.69, 9.17) is 35.9 Å². The van der Waals surface area contributed by atoms with Gasteiger partial charge in [-0.05, 0) is 49.1 Å². The van der Waals surface area contributed by atoms with Crippen LogP contribution in [0.5, 0.6) is 11.5 Å². The maximum absolute atomic E-state index is 13.4. The van der Waals surface area contributed by atoms with Gasteiger partial charge in [0.05, 0.1) is 25.9 Å². The molecule has 0 spiro atoms. The Hall–Kier alpha value is -3.17. The van der Waals surface area contributed by atoms with Gasteiger partial charge >= 0.3 is 5.97 Å². The Morgan fingerprint density at radius 3 is 2.62 bits per heavy atom. The molecule has 0 radical (unpaired) electrons. The van der Waals surface area contributed by atoms with E-state index in [1.54, 1.807) is 11.8 Å². The van der Waals surface area contributed by atoms with Gasteiger partial charge in [-0.3, -0.25) is 0 Å². The number of esters is 1. The molecule has 0 aliphatic carbocycles. The lowest BCUT2D eigenvalue weighted by molar-refractivity contribution is -0.139. The number of fused-ring (bicyclic) bond motifs is 1. The fourth-order valence-electron chi connectivity index (χ4n) is 4.42. The maximum atomic E-state index is 13.4. The molecular formula is C30H37ClN4O4S. The van der Waals surface area contributed by atoms with Gasteiger partial charge in [0.25, 0.3) is 0 Å². The fourth-order valence-corrected chi connectivity index (χ4v) is 5.53. The van der Waals surface area contributed by atoms with Gasteiger partial charge in [-0.2, -0.15) is 4.98 Å². The van der Waals surface area contributed by atoms with Crippen molar-refractivity contribution in [3.63, 3.8) is 0 Å². The Morgan fingerprint density at radius 1 is 1.07 bits per heavy atom. The second-order valence-electron chi connectivity index (χ2n) is 9.56. The number of unbranched alkanes of at least 4 members (excludes halogenated alkanes) is 3. The van der Waals surface area contributed by atoms with Crippen molar-refractivity contribution >= 4 is 35.3 Å². The number of hydrogen-bond donors (Lipinski definition) is 1. The average Bonchev–Trinajstić information content (AvgIpc) is 3.36. The van der Waals surface area contributed by atoms with Crippen LogP contribution in [-0.2, 0) is 15.3 Å². The number of rotatable bonds is 14. The summed E-state index contributed by atoms with van der Waals surface area (Å²) in [5.74, 6) is 2.05. The van der Waals surface area contributed by atoms with Crippen molar-refractivity contribution in [2.45, 2.75) is 69.8 Å². The smallest absolute Gasteiger partial charge is 0.338 e. The summed E-state index contributed by atoms with van der Waals surface area (Å²) in [6, 6.07) is 12.9. The van der Waals surface area contributed by atoms with Crippen LogP contribution in [0.1, 0.15) is 70.0 Å². The zero-order valence-electron chi connectivity index (χ0n) is 23.5. The topological polar surface area (TPSA) is 87.5 Å². The highest BCUT2D eigenvalue weighted by Crippen LogP contribution is 2.40. The number of anilines is 1. The minimum Gasteiger partial charge on any atom is -0.493 e. The van der Waals surface area contributed by atoms with Crippen molar-refractivity contribution in [1.82, 2.24) is 14.8 Å². The molecule has 0 fully saturated rings. The third-order valence-corrected chi connectivity index (χ3v) is 7.86. The third kappa shape index (κ3) is 7.12. The minimum absolute atomic E-state index is 0.357. The highest BCUT2D eigenvalue weighted by atomic mass is 35.5. The maximum Gasteiger partial charge on any atom is 0.338 e. The quantitative estimate of drug-likeness (QED) is 0.119.